The molecule has 0 spiro atoms. The van der Waals surface area contributed by atoms with Crippen LogP contribution in [0.1, 0.15) is 22.8 Å². The number of aromatic hydroxyl groups is 1. The molecule has 0 aliphatic carbocycles. The number of rotatable bonds is 5. The first kappa shape index (κ1) is 16.2. The Bertz CT molecular complexity index is 799. The van der Waals surface area contributed by atoms with Crippen molar-refractivity contribution in [1.29, 1.82) is 0 Å². The molecule has 0 aliphatic heterocycles. The van der Waals surface area contributed by atoms with Crippen molar-refractivity contribution in [3.05, 3.63) is 35.5 Å². The maximum Gasteiger partial charge on any atom is 0.261 e. The topological polar surface area (TPSA) is 108 Å². The molecule has 0 saturated carbocycles. The van der Waals surface area contributed by atoms with E-state index >= 15 is 0 Å². The molecule has 0 saturated heterocycles. The van der Waals surface area contributed by atoms with E-state index in [0.29, 0.717) is 17.0 Å². The molecule has 1 heterocycles. The minimum atomic E-state index is -3.39. The molecule has 2 rings (SSSR count). The highest BCUT2D eigenvalue weighted by molar-refractivity contribution is 7.92. The molecule has 118 valence electrons. The van der Waals surface area contributed by atoms with Crippen LogP contribution in [0.25, 0.3) is 0 Å². The molecule has 1 aromatic carbocycles. The number of aromatic nitrogens is 1. The van der Waals surface area contributed by atoms with Gasteiger partial charge in [0, 0.05) is 0 Å². The first-order valence-electron chi connectivity index (χ1n) is 6.36. The Hall–Kier alpha value is -2.13. The summed E-state index contributed by atoms with van der Waals surface area (Å²) in [6.45, 7) is 1.88. The first-order valence-corrected chi connectivity index (χ1v) is 9.06. The third kappa shape index (κ3) is 3.95. The molecule has 2 aromatic rings. The number of hydrogen-bond donors (Lipinski definition) is 3. The molecule has 1 amide bonds. The van der Waals surface area contributed by atoms with Crippen molar-refractivity contribution in [1.82, 2.24) is 4.98 Å². The molecule has 9 heteroatoms. The minimum Gasteiger partial charge on any atom is -0.507 e. The van der Waals surface area contributed by atoms with Crippen LogP contribution in [0.4, 0.5) is 10.1 Å². The number of anilines is 2. The molecule has 7 nitrogen and oxygen atoms in total. The molecule has 0 fully saturated rings. The zero-order valence-corrected chi connectivity index (χ0v) is 13.6. The van der Waals surface area contributed by atoms with E-state index in [1.165, 1.54) is 12.3 Å². The Kier molecular flexibility index (Phi) is 4.67. The van der Waals surface area contributed by atoms with Crippen molar-refractivity contribution < 1.29 is 18.3 Å². The third-order valence-corrected chi connectivity index (χ3v) is 4.31. The highest BCUT2D eigenvalue weighted by atomic mass is 32.2. The fraction of sp³-hybridized carbons (Fsp3) is 0.231. The molecule has 0 unspecified atom stereocenters. The van der Waals surface area contributed by atoms with Crippen molar-refractivity contribution in [3.63, 3.8) is 0 Å². The number of benzene rings is 1. The Balaban J connectivity index is 2.16. The third-order valence-electron chi connectivity index (χ3n) is 2.76. The van der Waals surface area contributed by atoms with Crippen LogP contribution >= 0.6 is 11.3 Å². The van der Waals surface area contributed by atoms with Gasteiger partial charge < -0.3 is 5.11 Å². The Morgan fingerprint density at radius 2 is 2.14 bits per heavy atom. The van der Waals surface area contributed by atoms with Crippen LogP contribution in [0.5, 0.6) is 5.75 Å². The van der Waals surface area contributed by atoms with Gasteiger partial charge in [-0.15, -0.1) is 0 Å². The van der Waals surface area contributed by atoms with Gasteiger partial charge >= 0.3 is 0 Å². The van der Waals surface area contributed by atoms with Crippen LogP contribution in [-0.4, -0.2) is 30.7 Å². The lowest BCUT2D eigenvalue weighted by Gasteiger charge is -2.07. The summed E-state index contributed by atoms with van der Waals surface area (Å²) < 4.78 is 24.5. The van der Waals surface area contributed by atoms with Gasteiger partial charge in [-0.1, -0.05) is 30.4 Å². The predicted octanol–water partition coefficient (Wildman–Crippen LogP) is 2.03. The average Bonchev–Trinajstić information content (AvgIpc) is 2.83. The number of nitrogens with zero attached hydrogens (tertiary/aromatic N) is 1. The van der Waals surface area contributed by atoms with Crippen LogP contribution < -0.4 is 10.0 Å². The van der Waals surface area contributed by atoms with Gasteiger partial charge in [-0.2, -0.15) is 0 Å². The lowest BCUT2D eigenvalue weighted by Crippen LogP contribution is -2.12. The number of sulfonamides is 1. The van der Waals surface area contributed by atoms with E-state index in [4.69, 9.17) is 0 Å². The summed E-state index contributed by atoms with van der Waals surface area (Å²) in [7, 11) is -3.39. The molecule has 0 radical (unpaired) electrons. The molecular weight excluding hydrogens is 326 g/mol. The predicted molar refractivity (Wildman–Crippen MR) is 86.0 cm³/mol. The summed E-state index contributed by atoms with van der Waals surface area (Å²) in [6, 6.07) is 4.93. The summed E-state index contributed by atoms with van der Waals surface area (Å²) in [5, 5.41) is 13.1. The summed E-state index contributed by atoms with van der Waals surface area (Å²) in [6.07, 6.45) is 2.94. The number of phenolic OH excluding ortho intramolecular Hbond substituents is 1. The van der Waals surface area contributed by atoms with E-state index < -0.39 is 15.9 Å². The second-order valence-corrected chi connectivity index (χ2v) is 7.30. The monoisotopic (exact) mass is 341 g/mol. The fourth-order valence-electron chi connectivity index (χ4n) is 1.79. The largest absolute Gasteiger partial charge is 0.507 e. The number of amides is 1. The molecule has 0 atom stereocenters. The zero-order chi connectivity index (χ0) is 16.3. The molecule has 1 aromatic heterocycles. The number of carbonyl (C=O) groups is 1. The number of thiazole rings is 1. The van der Waals surface area contributed by atoms with Crippen LogP contribution in [0.3, 0.4) is 0 Å². The SMILES string of the molecule is CCc1cccc(C(=O)Nc2ncc(NS(C)(=O)=O)s2)c1O. The highest BCUT2D eigenvalue weighted by Gasteiger charge is 2.15. The number of nitrogens with one attached hydrogen (secondary N) is 2. The number of hydrogen-bond acceptors (Lipinski definition) is 6. The molecule has 0 bridgehead atoms. The maximum absolute atomic E-state index is 12.2. The zero-order valence-electron chi connectivity index (χ0n) is 12.0. The summed E-state index contributed by atoms with van der Waals surface area (Å²) >= 11 is 0.984. The van der Waals surface area contributed by atoms with Crippen molar-refractivity contribution in [2.45, 2.75) is 13.3 Å². The van der Waals surface area contributed by atoms with E-state index in [1.54, 1.807) is 12.1 Å². The van der Waals surface area contributed by atoms with E-state index in [-0.39, 0.29) is 16.4 Å². The number of phenols is 1. The lowest BCUT2D eigenvalue weighted by atomic mass is 10.1. The highest BCUT2D eigenvalue weighted by Crippen LogP contribution is 2.27. The first-order chi connectivity index (χ1) is 10.3. The van der Waals surface area contributed by atoms with Gasteiger partial charge in [-0.3, -0.25) is 14.8 Å². The van der Waals surface area contributed by atoms with Gasteiger partial charge in [0.1, 0.15) is 10.8 Å². The van der Waals surface area contributed by atoms with E-state index in [0.717, 1.165) is 17.6 Å². The van der Waals surface area contributed by atoms with Crippen LogP contribution in [0.15, 0.2) is 24.4 Å². The van der Waals surface area contributed by atoms with Gasteiger partial charge in [-0.05, 0) is 18.1 Å². The van der Waals surface area contributed by atoms with Gasteiger partial charge in [0.25, 0.3) is 5.91 Å². The average molecular weight is 341 g/mol. The normalized spacial score (nSPS) is 11.2. The number of aryl methyl sites for hydroxylation is 1. The number of carbonyl (C=O) groups excluding carboxylic acids is 1. The molecular formula is C13H15N3O4S2. The quantitative estimate of drug-likeness (QED) is 0.771. The maximum atomic E-state index is 12.2. The number of para-hydroxylation sites is 1. The van der Waals surface area contributed by atoms with Gasteiger partial charge in [0.15, 0.2) is 5.13 Å². The minimum absolute atomic E-state index is 0.0615. The van der Waals surface area contributed by atoms with Gasteiger partial charge in [0.2, 0.25) is 10.0 Å². The fourth-order valence-corrected chi connectivity index (χ4v) is 3.39. The Morgan fingerprint density at radius 3 is 2.77 bits per heavy atom. The van der Waals surface area contributed by atoms with Gasteiger partial charge in [-0.25, -0.2) is 13.4 Å². The molecule has 0 aliphatic rings. The van der Waals surface area contributed by atoms with E-state index in [1.807, 2.05) is 6.92 Å². The summed E-state index contributed by atoms with van der Waals surface area (Å²) in [5.41, 5.74) is 0.818. The van der Waals surface area contributed by atoms with Crippen LogP contribution in [0.2, 0.25) is 0 Å². The van der Waals surface area contributed by atoms with Crippen molar-refractivity contribution in [3.8, 4) is 5.75 Å². The van der Waals surface area contributed by atoms with Crippen LogP contribution in [-0.2, 0) is 16.4 Å². The van der Waals surface area contributed by atoms with Crippen molar-refractivity contribution in [2.24, 2.45) is 0 Å². The molecule has 22 heavy (non-hydrogen) atoms. The van der Waals surface area contributed by atoms with E-state index in [2.05, 4.69) is 15.0 Å². The van der Waals surface area contributed by atoms with Gasteiger partial charge in [0.05, 0.1) is 18.0 Å². The second kappa shape index (κ2) is 6.32. The molecule has 3 N–H and O–H groups in total. The van der Waals surface area contributed by atoms with E-state index in [9.17, 15) is 18.3 Å². The lowest BCUT2D eigenvalue weighted by molar-refractivity contribution is 0.102. The van der Waals surface area contributed by atoms with Crippen molar-refractivity contribution >= 4 is 37.4 Å². The smallest absolute Gasteiger partial charge is 0.261 e. The van der Waals surface area contributed by atoms with Crippen LogP contribution in [0, 0.1) is 0 Å². The Labute approximate surface area is 132 Å². The Morgan fingerprint density at radius 1 is 1.41 bits per heavy atom. The summed E-state index contributed by atoms with van der Waals surface area (Å²) in [4.78, 5) is 16.1. The second-order valence-electron chi connectivity index (χ2n) is 4.52. The van der Waals surface area contributed by atoms with Crippen molar-refractivity contribution in [2.75, 3.05) is 16.3 Å². The summed E-state index contributed by atoms with van der Waals surface area (Å²) in [5.74, 6) is -0.568. The standard InChI is InChI=1S/C13H15N3O4S2/c1-3-8-5-4-6-9(11(8)17)12(18)15-13-14-7-10(21-13)16-22(2,19)20/h4-7,16-17H,3H2,1-2H3,(H,14,15,18).